The summed E-state index contributed by atoms with van der Waals surface area (Å²) in [5, 5.41) is 6.88. The van der Waals surface area contributed by atoms with Crippen LogP contribution in [0, 0.1) is 0 Å². The molecule has 63 heavy (non-hydrogen) atoms. The van der Waals surface area contributed by atoms with Crippen molar-refractivity contribution in [3.05, 3.63) is 218 Å². The van der Waals surface area contributed by atoms with E-state index in [2.05, 4.69) is 232 Å². The van der Waals surface area contributed by atoms with Crippen LogP contribution in [0.25, 0.3) is 117 Å². The second-order valence-corrected chi connectivity index (χ2v) is 16.0. The molecule has 9 aromatic carbocycles. The zero-order valence-corrected chi connectivity index (χ0v) is 34.0. The summed E-state index contributed by atoms with van der Waals surface area (Å²) < 4.78 is 6.91. The summed E-state index contributed by atoms with van der Waals surface area (Å²) in [5.41, 5.74) is 12.7. The number of benzene rings is 9. The molecule has 0 fully saturated rings. The third-order valence-electron chi connectivity index (χ3n) is 12.5. The van der Waals surface area contributed by atoms with Crippen LogP contribution in [0.4, 0.5) is 0 Å². The predicted octanol–water partition coefficient (Wildman–Crippen LogP) is 14.2. The molecule has 0 aliphatic heterocycles. The Labute approximate surface area is 362 Å². The highest BCUT2D eigenvalue weighted by Crippen LogP contribution is 2.41. The van der Waals surface area contributed by atoms with Crippen molar-refractivity contribution < 1.29 is 0 Å². The number of aromatic nitrogens is 6. The van der Waals surface area contributed by atoms with Gasteiger partial charge >= 0.3 is 0 Å². The molecule has 294 valence electrons. The van der Waals surface area contributed by atoms with Gasteiger partial charge in [0, 0.05) is 49.1 Å². The maximum atomic E-state index is 5.52. The molecule has 0 N–H and O–H groups in total. The maximum Gasteiger partial charge on any atom is 0.238 e. The van der Waals surface area contributed by atoms with Crippen molar-refractivity contribution in [3.63, 3.8) is 0 Å². The lowest BCUT2D eigenvalue weighted by Crippen LogP contribution is -2.08. The number of rotatable bonds is 6. The van der Waals surface area contributed by atoms with Crippen LogP contribution in [-0.4, -0.2) is 28.7 Å². The lowest BCUT2D eigenvalue weighted by atomic mass is 10.0. The molecule has 0 aliphatic rings. The van der Waals surface area contributed by atoms with Crippen LogP contribution < -0.4 is 0 Å². The van der Waals surface area contributed by atoms with E-state index < -0.39 is 0 Å². The fourth-order valence-electron chi connectivity index (χ4n) is 9.80. The fourth-order valence-corrected chi connectivity index (χ4v) is 9.80. The minimum atomic E-state index is 0.555. The molecular formula is C57H36N6. The monoisotopic (exact) mass is 804 g/mol. The van der Waals surface area contributed by atoms with Crippen LogP contribution in [-0.2, 0) is 0 Å². The third-order valence-corrected chi connectivity index (χ3v) is 12.5. The van der Waals surface area contributed by atoms with Gasteiger partial charge in [-0.2, -0.15) is 9.97 Å². The molecule has 13 aromatic rings. The largest absolute Gasteiger partial charge is 0.309 e. The highest BCUT2D eigenvalue weighted by Gasteiger charge is 2.23. The quantitative estimate of drug-likeness (QED) is 0.168. The number of nitrogens with zero attached hydrogens (tertiary/aromatic N) is 6. The van der Waals surface area contributed by atoms with Crippen LogP contribution in [0.15, 0.2) is 218 Å². The van der Waals surface area contributed by atoms with Gasteiger partial charge in [0.2, 0.25) is 5.95 Å². The zero-order valence-electron chi connectivity index (χ0n) is 34.0. The van der Waals surface area contributed by atoms with Crippen molar-refractivity contribution in [1.82, 2.24) is 28.7 Å². The Kier molecular flexibility index (Phi) is 7.80. The van der Waals surface area contributed by atoms with Gasteiger partial charge in [0.25, 0.3) is 0 Å². The lowest BCUT2D eigenvalue weighted by Gasteiger charge is -2.16. The van der Waals surface area contributed by atoms with Gasteiger partial charge in [-0.1, -0.05) is 158 Å². The van der Waals surface area contributed by atoms with Crippen LogP contribution in [0.3, 0.4) is 0 Å². The molecular weight excluding hydrogens is 769 g/mol. The second-order valence-electron chi connectivity index (χ2n) is 16.0. The van der Waals surface area contributed by atoms with Crippen LogP contribution in [0.2, 0.25) is 0 Å². The summed E-state index contributed by atoms with van der Waals surface area (Å²) in [6.07, 6.45) is 0. The molecule has 0 radical (unpaired) electrons. The molecule has 0 saturated heterocycles. The van der Waals surface area contributed by atoms with Crippen molar-refractivity contribution in [1.29, 1.82) is 0 Å². The van der Waals surface area contributed by atoms with E-state index in [0.29, 0.717) is 17.6 Å². The molecule has 6 nitrogen and oxygen atoms in total. The predicted molar refractivity (Wildman–Crippen MR) is 259 cm³/mol. The smallest absolute Gasteiger partial charge is 0.238 e. The minimum Gasteiger partial charge on any atom is -0.309 e. The Bertz CT molecular complexity index is 3860. The lowest BCUT2D eigenvalue weighted by molar-refractivity contribution is 0.952. The summed E-state index contributed by atoms with van der Waals surface area (Å²) in [6.45, 7) is 0. The Morgan fingerprint density at radius 3 is 1.46 bits per heavy atom. The van der Waals surface area contributed by atoms with E-state index in [9.17, 15) is 0 Å². The highest BCUT2D eigenvalue weighted by molar-refractivity contribution is 6.16. The van der Waals surface area contributed by atoms with Crippen LogP contribution in [0.5, 0.6) is 0 Å². The molecule has 0 atom stereocenters. The van der Waals surface area contributed by atoms with Crippen LogP contribution >= 0.6 is 0 Å². The molecule has 0 bridgehead atoms. The Morgan fingerprint density at radius 2 is 0.778 bits per heavy atom. The molecule has 0 saturated carbocycles. The Hall–Kier alpha value is -8.61. The van der Waals surface area contributed by atoms with Gasteiger partial charge in [0.15, 0.2) is 11.6 Å². The van der Waals surface area contributed by atoms with E-state index in [1.807, 2.05) is 0 Å². The van der Waals surface area contributed by atoms with Crippen LogP contribution in [0.1, 0.15) is 0 Å². The molecule has 0 unspecified atom stereocenters. The third kappa shape index (κ3) is 5.41. The molecule has 0 spiro atoms. The topological polar surface area (TPSA) is 53.5 Å². The van der Waals surface area contributed by atoms with Crippen molar-refractivity contribution in [2.45, 2.75) is 0 Å². The van der Waals surface area contributed by atoms with Gasteiger partial charge in [0.1, 0.15) is 0 Å². The first-order valence-corrected chi connectivity index (χ1v) is 21.3. The molecule has 4 heterocycles. The van der Waals surface area contributed by atoms with E-state index in [1.165, 1.54) is 16.3 Å². The molecule has 0 aliphatic carbocycles. The van der Waals surface area contributed by atoms with Gasteiger partial charge in [0.05, 0.1) is 38.8 Å². The van der Waals surface area contributed by atoms with E-state index in [1.54, 1.807) is 0 Å². The summed E-state index contributed by atoms with van der Waals surface area (Å²) >= 11 is 0. The Balaban J connectivity index is 1.12. The first-order chi connectivity index (χ1) is 31.3. The van der Waals surface area contributed by atoms with Gasteiger partial charge in [-0.05, 0) is 71.8 Å². The standard InChI is InChI=1S/C57H36N6/c1-3-18-37(19-4-1)38-34-35-43-42-24-7-12-28-47(42)62(53(43)36-38)51-32-16-11-26-45(51)55-58-56(60-57(59-55)63-48-29-13-8-22-40(48)41-23-9-14-30-49(41)63)46-27-17-33-52-54(46)44-25-10-15-31-50(44)61(52)39-20-5-2-6-21-39/h1-36H. The minimum absolute atomic E-state index is 0.555. The SMILES string of the molecule is c1ccc(-c2ccc3c4ccccc4n(-c4ccccc4-c4nc(-c5cccc6c5c5ccccc5n6-c5ccccc5)nc(-n5c6ccccc6c6ccccc65)n4)c3c2)cc1. The summed E-state index contributed by atoms with van der Waals surface area (Å²) in [4.78, 5) is 16.5. The van der Waals surface area contributed by atoms with E-state index in [0.717, 1.165) is 82.7 Å². The first-order valence-electron chi connectivity index (χ1n) is 21.3. The number of fused-ring (bicyclic) bond motifs is 9. The van der Waals surface area contributed by atoms with Gasteiger partial charge in [-0.15, -0.1) is 0 Å². The molecule has 6 heteroatoms. The van der Waals surface area contributed by atoms with Crippen molar-refractivity contribution >= 4 is 65.4 Å². The van der Waals surface area contributed by atoms with E-state index in [-0.39, 0.29) is 0 Å². The fraction of sp³-hybridized carbons (Fsp3) is 0. The van der Waals surface area contributed by atoms with Crippen molar-refractivity contribution in [2.75, 3.05) is 0 Å². The normalized spacial score (nSPS) is 11.8. The number of para-hydroxylation sites is 6. The van der Waals surface area contributed by atoms with Crippen molar-refractivity contribution in [3.8, 4) is 51.2 Å². The Morgan fingerprint density at radius 1 is 0.286 bits per heavy atom. The van der Waals surface area contributed by atoms with Gasteiger partial charge < -0.3 is 9.13 Å². The molecule has 13 rings (SSSR count). The average Bonchev–Trinajstić information content (AvgIpc) is 4.00. The summed E-state index contributed by atoms with van der Waals surface area (Å²) in [5.74, 6) is 1.74. The van der Waals surface area contributed by atoms with E-state index in [4.69, 9.17) is 15.0 Å². The number of hydrogen-bond acceptors (Lipinski definition) is 3. The summed E-state index contributed by atoms with van der Waals surface area (Å²) in [6, 6.07) is 77.3. The molecule has 0 amide bonds. The van der Waals surface area contributed by atoms with Gasteiger partial charge in [-0.25, -0.2) is 4.98 Å². The number of hydrogen-bond donors (Lipinski definition) is 0. The first kappa shape index (κ1) is 35.2. The van der Waals surface area contributed by atoms with Gasteiger partial charge in [-0.3, -0.25) is 4.57 Å². The summed E-state index contributed by atoms with van der Waals surface area (Å²) in [7, 11) is 0. The second kappa shape index (κ2) is 14.0. The van der Waals surface area contributed by atoms with Crippen molar-refractivity contribution in [2.24, 2.45) is 0 Å². The average molecular weight is 805 g/mol. The van der Waals surface area contributed by atoms with E-state index >= 15 is 0 Å². The zero-order chi connectivity index (χ0) is 41.4. The highest BCUT2D eigenvalue weighted by atomic mass is 15.2. The maximum absolute atomic E-state index is 5.52. The molecule has 4 aromatic heterocycles.